The fraction of sp³-hybridized carbons (Fsp3) is 0.571. The van der Waals surface area contributed by atoms with E-state index >= 15 is 0 Å². The summed E-state index contributed by atoms with van der Waals surface area (Å²) in [6.07, 6.45) is 0.773. The lowest BCUT2D eigenvalue weighted by atomic mass is 10.2. The topological polar surface area (TPSA) is 61.4 Å². The number of hydrogen-bond acceptors (Lipinski definition) is 4. The third-order valence-corrected chi connectivity index (χ3v) is 4.56. The minimum absolute atomic E-state index is 0.0999. The van der Waals surface area contributed by atoms with Gasteiger partial charge in [-0.2, -0.15) is 0 Å². The zero-order valence-corrected chi connectivity index (χ0v) is 13.5. The Morgan fingerprint density at radius 1 is 1.25 bits per heavy atom. The Balaban J connectivity index is 2.83. The standard InChI is InChI=1S/C14H25N3O2S/c1-5-15-13-8-6-7-9-14(13)20(18,19)16-12(2)10-11-17(3)4/h6-9,12,15-16H,5,10-11H2,1-4H3. The van der Waals surface area contributed by atoms with Crippen LogP contribution >= 0.6 is 0 Å². The highest BCUT2D eigenvalue weighted by Gasteiger charge is 2.20. The summed E-state index contributed by atoms with van der Waals surface area (Å²) in [6, 6.07) is 6.87. The molecule has 0 heterocycles. The van der Waals surface area contributed by atoms with Gasteiger partial charge in [0.1, 0.15) is 4.90 Å². The van der Waals surface area contributed by atoms with Crippen LogP contribution in [-0.4, -0.2) is 46.5 Å². The summed E-state index contributed by atoms with van der Waals surface area (Å²) >= 11 is 0. The average Bonchev–Trinajstić information content (AvgIpc) is 2.37. The van der Waals surface area contributed by atoms with Crippen molar-refractivity contribution >= 4 is 15.7 Å². The van der Waals surface area contributed by atoms with Crippen molar-refractivity contribution in [1.29, 1.82) is 0 Å². The van der Waals surface area contributed by atoms with Gasteiger partial charge in [0.15, 0.2) is 0 Å². The molecule has 0 saturated heterocycles. The Hall–Kier alpha value is -1.11. The quantitative estimate of drug-likeness (QED) is 0.767. The van der Waals surface area contributed by atoms with Crippen LogP contribution in [0.25, 0.3) is 0 Å². The van der Waals surface area contributed by atoms with E-state index in [1.54, 1.807) is 18.2 Å². The smallest absolute Gasteiger partial charge is 0.242 e. The van der Waals surface area contributed by atoms with Gasteiger partial charge in [-0.15, -0.1) is 0 Å². The summed E-state index contributed by atoms with van der Waals surface area (Å²) in [6.45, 7) is 5.36. The van der Waals surface area contributed by atoms with Crippen LogP contribution in [-0.2, 0) is 10.0 Å². The van der Waals surface area contributed by atoms with Gasteiger partial charge in [-0.25, -0.2) is 13.1 Å². The molecule has 0 spiro atoms. The second-order valence-electron chi connectivity index (χ2n) is 5.14. The van der Waals surface area contributed by atoms with Gasteiger partial charge < -0.3 is 10.2 Å². The fourth-order valence-electron chi connectivity index (χ4n) is 1.88. The molecule has 0 aromatic heterocycles. The van der Waals surface area contributed by atoms with E-state index in [1.165, 1.54) is 0 Å². The summed E-state index contributed by atoms with van der Waals surface area (Å²) in [5.41, 5.74) is 0.641. The highest BCUT2D eigenvalue weighted by atomic mass is 32.2. The number of anilines is 1. The van der Waals surface area contributed by atoms with Gasteiger partial charge in [0.2, 0.25) is 10.0 Å². The number of sulfonamides is 1. The molecule has 1 atom stereocenters. The Kier molecular flexibility index (Phi) is 6.45. The van der Waals surface area contributed by atoms with Gasteiger partial charge in [0.25, 0.3) is 0 Å². The predicted molar refractivity (Wildman–Crippen MR) is 83.6 cm³/mol. The van der Waals surface area contributed by atoms with E-state index in [9.17, 15) is 8.42 Å². The van der Waals surface area contributed by atoms with Crippen LogP contribution in [0.3, 0.4) is 0 Å². The van der Waals surface area contributed by atoms with Crippen LogP contribution in [0.15, 0.2) is 29.2 Å². The molecule has 1 aromatic carbocycles. The first kappa shape index (κ1) is 16.9. The summed E-state index contributed by atoms with van der Waals surface area (Å²) in [4.78, 5) is 2.34. The van der Waals surface area contributed by atoms with E-state index in [0.29, 0.717) is 17.1 Å². The fourth-order valence-corrected chi connectivity index (χ4v) is 3.34. The first-order chi connectivity index (χ1) is 9.36. The van der Waals surface area contributed by atoms with E-state index < -0.39 is 10.0 Å². The van der Waals surface area contributed by atoms with Gasteiger partial charge in [-0.1, -0.05) is 12.1 Å². The number of hydrogen-bond donors (Lipinski definition) is 2. The van der Waals surface area contributed by atoms with Gasteiger partial charge in [0, 0.05) is 12.6 Å². The zero-order chi connectivity index (χ0) is 15.2. The van der Waals surface area contributed by atoms with Gasteiger partial charge >= 0.3 is 0 Å². The van der Waals surface area contributed by atoms with E-state index in [2.05, 4.69) is 10.0 Å². The van der Waals surface area contributed by atoms with Gasteiger partial charge in [-0.3, -0.25) is 0 Å². The van der Waals surface area contributed by atoms with E-state index in [4.69, 9.17) is 0 Å². The molecule has 1 unspecified atom stereocenters. The number of nitrogens with zero attached hydrogens (tertiary/aromatic N) is 1. The lowest BCUT2D eigenvalue weighted by molar-refractivity contribution is 0.379. The minimum Gasteiger partial charge on any atom is -0.384 e. The molecule has 2 N–H and O–H groups in total. The molecule has 1 rings (SSSR count). The number of benzene rings is 1. The van der Waals surface area contributed by atoms with Crippen LogP contribution < -0.4 is 10.0 Å². The van der Waals surface area contributed by atoms with Crippen molar-refractivity contribution in [3.05, 3.63) is 24.3 Å². The first-order valence-corrected chi connectivity index (χ1v) is 8.35. The van der Waals surface area contributed by atoms with Crippen molar-refractivity contribution in [2.24, 2.45) is 0 Å². The van der Waals surface area contributed by atoms with E-state index in [0.717, 1.165) is 13.0 Å². The Bertz CT molecular complexity index is 515. The molecule has 1 aromatic rings. The molecule has 0 amide bonds. The molecular formula is C14H25N3O2S. The highest BCUT2D eigenvalue weighted by molar-refractivity contribution is 7.89. The molecule has 0 bridgehead atoms. The number of para-hydroxylation sites is 1. The summed E-state index contributed by atoms with van der Waals surface area (Å²) < 4.78 is 27.6. The van der Waals surface area contributed by atoms with Crippen molar-refractivity contribution in [3.63, 3.8) is 0 Å². The normalized spacial score (nSPS) is 13.4. The largest absolute Gasteiger partial charge is 0.384 e. The SMILES string of the molecule is CCNc1ccccc1S(=O)(=O)NC(C)CCN(C)C. The zero-order valence-electron chi connectivity index (χ0n) is 12.7. The molecule has 114 valence electrons. The van der Waals surface area contributed by atoms with Gasteiger partial charge in [0.05, 0.1) is 5.69 Å². The Morgan fingerprint density at radius 2 is 1.90 bits per heavy atom. The molecule has 6 heteroatoms. The molecule has 0 radical (unpaired) electrons. The average molecular weight is 299 g/mol. The van der Waals surface area contributed by atoms with Crippen molar-refractivity contribution in [3.8, 4) is 0 Å². The van der Waals surface area contributed by atoms with E-state index in [-0.39, 0.29) is 6.04 Å². The maximum atomic E-state index is 12.4. The van der Waals surface area contributed by atoms with E-state index in [1.807, 2.05) is 38.9 Å². The monoisotopic (exact) mass is 299 g/mol. The lowest BCUT2D eigenvalue weighted by Gasteiger charge is -2.18. The molecule has 0 saturated carbocycles. The summed E-state index contributed by atoms with van der Waals surface area (Å²) in [5, 5.41) is 3.08. The summed E-state index contributed by atoms with van der Waals surface area (Å²) in [5.74, 6) is 0. The molecule has 0 aliphatic rings. The molecule has 0 aliphatic heterocycles. The van der Waals surface area contributed by atoms with Gasteiger partial charge in [-0.05, 0) is 53.0 Å². The van der Waals surface area contributed by atoms with Crippen molar-refractivity contribution in [1.82, 2.24) is 9.62 Å². The molecular weight excluding hydrogens is 274 g/mol. The highest BCUT2D eigenvalue weighted by Crippen LogP contribution is 2.20. The Morgan fingerprint density at radius 3 is 2.50 bits per heavy atom. The van der Waals surface area contributed by atoms with Crippen LogP contribution in [0.4, 0.5) is 5.69 Å². The third kappa shape index (κ3) is 5.11. The maximum absolute atomic E-state index is 12.4. The first-order valence-electron chi connectivity index (χ1n) is 6.86. The Labute approximate surface area is 122 Å². The third-order valence-electron chi connectivity index (χ3n) is 2.91. The van der Waals surface area contributed by atoms with Crippen LogP contribution in [0.5, 0.6) is 0 Å². The number of rotatable bonds is 8. The van der Waals surface area contributed by atoms with Crippen molar-refractivity contribution < 1.29 is 8.42 Å². The molecule has 0 aliphatic carbocycles. The molecule has 20 heavy (non-hydrogen) atoms. The summed E-state index contributed by atoms with van der Waals surface area (Å²) in [7, 11) is 0.457. The lowest BCUT2D eigenvalue weighted by Crippen LogP contribution is -2.35. The molecule has 5 nitrogen and oxygen atoms in total. The maximum Gasteiger partial charge on any atom is 0.242 e. The van der Waals surface area contributed by atoms with Crippen LogP contribution in [0.1, 0.15) is 20.3 Å². The van der Waals surface area contributed by atoms with Crippen molar-refractivity contribution in [2.75, 3.05) is 32.5 Å². The predicted octanol–water partition coefficient (Wildman–Crippen LogP) is 1.74. The second-order valence-corrected chi connectivity index (χ2v) is 6.82. The van der Waals surface area contributed by atoms with Crippen LogP contribution in [0, 0.1) is 0 Å². The minimum atomic E-state index is -3.49. The molecule has 0 fully saturated rings. The second kappa shape index (κ2) is 7.61. The van der Waals surface area contributed by atoms with Crippen LogP contribution in [0.2, 0.25) is 0 Å². The number of nitrogens with one attached hydrogen (secondary N) is 2. The van der Waals surface area contributed by atoms with Crippen molar-refractivity contribution in [2.45, 2.75) is 31.2 Å².